The number of aromatic nitrogens is 2. The Labute approximate surface area is 80.4 Å². The Morgan fingerprint density at radius 1 is 1.25 bits per heavy atom. The van der Waals surface area contributed by atoms with Crippen molar-refractivity contribution in [3.63, 3.8) is 0 Å². The molecule has 2 aromatic rings. The lowest BCUT2D eigenvalue weighted by Crippen LogP contribution is -1.81. The molecular weight excluding hydrogens is 216 g/mol. The molecule has 1 heterocycles. The summed E-state index contributed by atoms with van der Waals surface area (Å²) in [6.45, 7) is 0. The van der Waals surface area contributed by atoms with Crippen molar-refractivity contribution >= 4 is 27.0 Å². The average molecular weight is 227 g/mol. The van der Waals surface area contributed by atoms with Gasteiger partial charge in [0.25, 0.3) is 0 Å². The zero-order chi connectivity index (χ0) is 8.97. The highest BCUT2D eigenvalue weighted by Crippen LogP contribution is 2.08. The van der Waals surface area contributed by atoms with Crippen molar-refractivity contribution in [2.24, 2.45) is 7.05 Å². The average Bonchev–Trinajstić information content (AvgIpc) is 2.53. The summed E-state index contributed by atoms with van der Waals surface area (Å²) in [4.78, 5) is 4.18. The monoisotopic (exact) mass is 226 g/mol. The quantitative estimate of drug-likeness (QED) is 0.632. The Kier molecular flexibility index (Phi) is 3.29. The number of hydrogen-bond acceptors (Lipinski definition) is 1. The third kappa shape index (κ3) is 1.67. The van der Waals surface area contributed by atoms with Gasteiger partial charge in [-0.05, 0) is 18.0 Å². The van der Waals surface area contributed by atoms with Crippen molar-refractivity contribution in [3.05, 3.63) is 30.6 Å². The Balaban J connectivity index is 0.000000336. The summed E-state index contributed by atoms with van der Waals surface area (Å²) < 4.78 is 2.01. The molecule has 12 heavy (non-hydrogen) atoms. The second kappa shape index (κ2) is 4.26. The molecule has 0 saturated carbocycles. The predicted octanol–water partition coefficient (Wildman–Crippen LogP) is 2.58. The molecule has 64 valence electrons. The van der Waals surface area contributed by atoms with E-state index in [9.17, 15) is 0 Å². The third-order valence-corrected chi connectivity index (χ3v) is 1.63. The molecule has 2 rings (SSSR count). The van der Waals surface area contributed by atoms with Crippen LogP contribution >= 0.6 is 15.9 Å². The van der Waals surface area contributed by atoms with Crippen LogP contribution in [0.15, 0.2) is 30.6 Å². The SMILES string of the molecule is CBr.Cn1cnc2ccccc21. The van der Waals surface area contributed by atoms with Gasteiger partial charge in [-0.2, -0.15) is 0 Å². The predicted molar refractivity (Wildman–Crippen MR) is 55.6 cm³/mol. The molecule has 0 bridgehead atoms. The summed E-state index contributed by atoms with van der Waals surface area (Å²) >= 11 is 2.94. The van der Waals surface area contributed by atoms with Crippen LogP contribution in [0.4, 0.5) is 0 Å². The Hall–Kier alpha value is -0.830. The maximum Gasteiger partial charge on any atom is 0.0955 e. The number of fused-ring (bicyclic) bond motifs is 1. The molecule has 1 aromatic carbocycles. The zero-order valence-electron chi connectivity index (χ0n) is 7.16. The summed E-state index contributed by atoms with van der Waals surface area (Å²) in [5, 5.41) is 0. The van der Waals surface area contributed by atoms with Crippen molar-refractivity contribution < 1.29 is 0 Å². The van der Waals surface area contributed by atoms with E-state index >= 15 is 0 Å². The van der Waals surface area contributed by atoms with Crippen LogP contribution in [0.5, 0.6) is 0 Å². The van der Waals surface area contributed by atoms with Crippen LogP contribution in [0.3, 0.4) is 0 Å². The Morgan fingerprint density at radius 3 is 2.58 bits per heavy atom. The molecule has 1 aromatic heterocycles. The first-order chi connectivity index (χ1) is 5.88. The summed E-state index contributed by atoms with van der Waals surface area (Å²) in [5.74, 6) is 1.81. The molecular formula is C9H11BrN2. The molecule has 0 saturated heterocycles. The molecule has 0 unspecified atom stereocenters. The first-order valence-electron chi connectivity index (χ1n) is 3.62. The van der Waals surface area contributed by atoms with E-state index in [4.69, 9.17) is 0 Å². The molecule has 0 aliphatic rings. The standard InChI is InChI=1S/C8H8N2.CH3Br/c1-10-6-9-7-4-2-3-5-8(7)10;1-2/h2-6H,1H3;1H3. The van der Waals surface area contributed by atoms with Gasteiger partial charge in [-0.15, -0.1) is 0 Å². The van der Waals surface area contributed by atoms with Gasteiger partial charge in [0.1, 0.15) is 0 Å². The summed E-state index contributed by atoms with van der Waals surface area (Å²) in [6.07, 6.45) is 1.82. The largest absolute Gasteiger partial charge is 0.334 e. The van der Waals surface area contributed by atoms with E-state index in [1.807, 2.05) is 42.0 Å². The van der Waals surface area contributed by atoms with Crippen LogP contribution in [0.2, 0.25) is 0 Å². The van der Waals surface area contributed by atoms with Crippen molar-refractivity contribution in [1.82, 2.24) is 9.55 Å². The Morgan fingerprint density at radius 2 is 1.92 bits per heavy atom. The highest BCUT2D eigenvalue weighted by Gasteiger charge is 1.93. The van der Waals surface area contributed by atoms with Gasteiger partial charge in [0.05, 0.1) is 17.4 Å². The van der Waals surface area contributed by atoms with E-state index in [0.717, 1.165) is 5.52 Å². The van der Waals surface area contributed by atoms with Crippen molar-refractivity contribution in [2.45, 2.75) is 0 Å². The summed E-state index contributed by atoms with van der Waals surface area (Å²) in [7, 11) is 2.00. The smallest absolute Gasteiger partial charge is 0.0955 e. The van der Waals surface area contributed by atoms with Crippen LogP contribution in [0.1, 0.15) is 0 Å². The van der Waals surface area contributed by atoms with Crippen molar-refractivity contribution in [3.8, 4) is 0 Å². The number of rotatable bonds is 0. The second-order valence-corrected chi connectivity index (χ2v) is 2.34. The lowest BCUT2D eigenvalue weighted by molar-refractivity contribution is 0.948. The molecule has 0 N–H and O–H groups in total. The van der Waals surface area contributed by atoms with Gasteiger partial charge < -0.3 is 4.57 Å². The van der Waals surface area contributed by atoms with Crippen molar-refractivity contribution in [2.75, 3.05) is 5.83 Å². The lowest BCUT2D eigenvalue weighted by atomic mass is 10.3. The van der Waals surface area contributed by atoms with Gasteiger partial charge in [-0.3, -0.25) is 0 Å². The van der Waals surface area contributed by atoms with Gasteiger partial charge >= 0.3 is 0 Å². The number of para-hydroxylation sites is 2. The second-order valence-electron chi connectivity index (χ2n) is 2.34. The topological polar surface area (TPSA) is 17.8 Å². The minimum atomic E-state index is 1.06. The number of nitrogens with zero attached hydrogens (tertiary/aromatic N) is 2. The van der Waals surface area contributed by atoms with E-state index < -0.39 is 0 Å². The highest BCUT2D eigenvalue weighted by atomic mass is 79.9. The summed E-state index contributed by atoms with van der Waals surface area (Å²) in [5.41, 5.74) is 2.24. The zero-order valence-corrected chi connectivity index (χ0v) is 8.75. The third-order valence-electron chi connectivity index (χ3n) is 1.63. The first-order valence-corrected chi connectivity index (χ1v) is 5.20. The minimum absolute atomic E-state index is 1.06. The number of halogens is 1. The fourth-order valence-corrected chi connectivity index (χ4v) is 1.08. The molecule has 3 heteroatoms. The molecule has 0 fully saturated rings. The lowest BCUT2D eigenvalue weighted by Gasteiger charge is -1.90. The number of imidazole rings is 1. The molecule has 0 atom stereocenters. The normalized spacial score (nSPS) is 9.25. The first kappa shape index (κ1) is 9.26. The van der Waals surface area contributed by atoms with E-state index in [-0.39, 0.29) is 0 Å². The fraction of sp³-hybridized carbons (Fsp3) is 0.222. The van der Waals surface area contributed by atoms with Gasteiger partial charge in [-0.1, -0.05) is 28.1 Å². The fourth-order valence-electron chi connectivity index (χ4n) is 1.08. The Bertz CT molecular complexity index is 354. The van der Waals surface area contributed by atoms with Gasteiger partial charge in [0, 0.05) is 7.05 Å². The number of benzene rings is 1. The van der Waals surface area contributed by atoms with Gasteiger partial charge in [0.2, 0.25) is 0 Å². The van der Waals surface area contributed by atoms with Crippen LogP contribution in [-0.4, -0.2) is 15.4 Å². The van der Waals surface area contributed by atoms with Crippen LogP contribution in [-0.2, 0) is 7.05 Å². The summed E-state index contributed by atoms with van der Waals surface area (Å²) in [6, 6.07) is 8.08. The van der Waals surface area contributed by atoms with E-state index in [1.165, 1.54) is 5.52 Å². The molecule has 0 aliphatic heterocycles. The number of aryl methyl sites for hydroxylation is 1. The maximum atomic E-state index is 4.18. The van der Waals surface area contributed by atoms with E-state index in [2.05, 4.69) is 27.0 Å². The molecule has 0 radical (unpaired) electrons. The molecule has 2 nitrogen and oxygen atoms in total. The molecule has 0 aliphatic carbocycles. The number of alkyl halides is 1. The number of hydrogen-bond donors (Lipinski definition) is 0. The van der Waals surface area contributed by atoms with E-state index in [1.54, 1.807) is 0 Å². The van der Waals surface area contributed by atoms with Gasteiger partial charge in [0.15, 0.2) is 0 Å². The maximum absolute atomic E-state index is 4.18. The van der Waals surface area contributed by atoms with Crippen LogP contribution in [0.25, 0.3) is 11.0 Å². The van der Waals surface area contributed by atoms with Crippen LogP contribution in [0, 0.1) is 0 Å². The minimum Gasteiger partial charge on any atom is -0.334 e. The van der Waals surface area contributed by atoms with E-state index in [0.29, 0.717) is 0 Å². The van der Waals surface area contributed by atoms with Gasteiger partial charge in [-0.25, -0.2) is 4.98 Å². The molecule has 0 amide bonds. The van der Waals surface area contributed by atoms with Crippen molar-refractivity contribution in [1.29, 1.82) is 0 Å². The molecule has 0 spiro atoms. The highest BCUT2D eigenvalue weighted by molar-refractivity contribution is 9.08. The van der Waals surface area contributed by atoms with Crippen LogP contribution < -0.4 is 0 Å².